The standard InChI is InChI=1S/C30H41N5.C8H14FN/c1-4-20(3)22-12-13-25(32)24(17-31)28(22)21-10-11-23-26(16-21)33-27(5-2)34-29(23)35-18-30(19-35)14-8-6-7-9-15-30;1-8-3-2-4-10(8)6-7(9)5-8/h12-13,20-21H,4-11,14-16,18-19,32H2,1-3H3;7H,2-6H2,1H3/t20-,21?;/m0./s1. The molecule has 244 valence electrons. The second kappa shape index (κ2) is 13.2. The van der Waals surface area contributed by atoms with E-state index in [1.807, 2.05) is 6.07 Å². The summed E-state index contributed by atoms with van der Waals surface area (Å²) >= 11 is 0. The van der Waals surface area contributed by atoms with Crippen LogP contribution in [0.15, 0.2) is 12.1 Å². The second-order valence-corrected chi connectivity index (χ2v) is 15.3. The zero-order valence-corrected chi connectivity index (χ0v) is 28.3. The van der Waals surface area contributed by atoms with E-state index in [0.717, 1.165) is 64.0 Å². The number of nitrogen functional groups attached to an aromatic ring is 1. The summed E-state index contributed by atoms with van der Waals surface area (Å²) in [6.45, 7) is 13.0. The molecule has 0 bridgehead atoms. The van der Waals surface area contributed by atoms with Gasteiger partial charge in [0.05, 0.1) is 11.3 Å². The summed E-state index contributed by atoms with van der Waals surface area (Å²) in [6, 6.07) is 6.52. The normalized spacial score (nSPS) is 27.9. The lowest BCUT2D eigenvalue weighted by molar-refractivity contribution is 0.179. The number of anilines is 2. The largest absolute Gasteiger partial charge is 0.398 e. The Labute approximate surface area is 271 Å². The van der Waals surface area contributed by atoms with E-state index < -0.39 is 6.17 Å². The van der Waals surface area contributed by atoms with Crippen molar-refractivity contribution >= 4 is 11.5 Å². The first-order chi connectivity index (χ1) is 21.7. The molecule has 7 rings (SSSR count). The molecule has 1 aromatic carbocycles. The van der Waals surface area contributed by atoms with Crippen LogP contribution in [0.1, 0.15) is 144 Å². The average molecular weight is 615 g/mol. The molecule has 4 fully saturated rings. The van der Waals surface area contributed by atoms with Crippen LogP contribution in [0.25, 0.3) is 0 Å². The molecule has 1 saturated carbocycles. The van der Waals surface area contributed by atoms with Crippen LogP contribution in [-0.2, 0) is 19.3 Å². The molecule has 2 aliphatic carbocycles. The van der Waals surface area contributed by atoms with Crippen molar-refractivity contribution in [3.8, 4) is 6.07 Å². The quantitative estimate of drug-likeness (QED) is 0.344. The molecule has 4 atom stereocenters. The van der Waals surface area contributed by atoms with E-state index in [-0.39, 0.29) is 11.5 Å². The van der Waals surface area contributed by atoms with Crippen LogP contribution >= 0.6 is 0 Å². The van der Waals surface area contributed by atoms with E-state index in [4.69, 9.17) is 15.7 Å². The third kappa shape index (κ3) is 6.33. The number of rotatable bonds is 5. The SMILES string of the molecule is CC12CCCN1CC(F)C2.CCc1nc2c(c(N3CC4(CCCCCC4)C3)n1)CCC(c1c([C@@H](C)CC)ccc(N)c1C#N)C2. The first-order valence-corrected chi connectivity index (χ1v) is 18.0. The highest BCUT2D eigenvalue weighted by Crippen LogP contribution is 2.47. The number of nitrogens with two attached hydrogens (primary N) is 1. The minimum Gasteiger partial charge on any atom is -0.398 e. The number of benzene rings is 1. The van der Waals surface area contributed by atoms with E-state index in [1.165, 1.54) is 79.6 Å². The summed E-state index contributed by atoms with van der Waals surface area (Å²) in [5.41, 5.74) is 13.4. The van der Waals surface area contributed by atoms with Crippen molar-refractivity contribution in [3.05, 3.63) is 45.9 Å². The van der Waals surface area contributed by atoms with E-state index in [9.17, 15) is 9.65 Å². The third-order valence-corrected chi connectivity index (χ3v) is 12.1. The molecule has 7 heteroatoms. The molecular weight excluding hydrogens is 559 g/mol. The summed E-state index contributed by atoms with van der Waals surface area (Å²) in [5.74, 6) is 2.84. The molecule has 1 aromatic heterocycles. The predicted octanol–water partition coefficient (Wildman–Crippen LogP) is 8.02. The van der Waals surface area contributed by atoms with Crippen LogP contribution in [0.2, 0.25) is 0 Å². The topological polar surface area (TPSA) is 82.1 Å². The Hall–Kier alpha value is -2.72. The van der Waals surface area contributed by atoms with Crippen molar-refractivity contribution in [2.45, 2.75) is 141 Å². The first kappa shape index (κ1) is 32.2. The number of halogens is 1. The number of alkyl halides is 1. The predicted molar refractivity (Wildman–Crippen MR) is 182 cm³/mol. The van der Waals surface area contributed by atoms with Gasteiger partial charge in [0.15, 0.2) is 0 Å². The van der Waals surface area contributed by atoms with Crippen molar-refractivity contribution in [1.29, 1.82) is 5.26 Å². The third-order valence-electron chi connectivity index (χ3n) is 12.1. The lowest BCUT2D eigenvalue weighted by Crippen LogP contribution is -2.57. The maximum absolute atomic E-state index is 12.8. The number of aromatic nitrogens is 2. The highest BCUT2D eigenvalue weighted by molar-refractivity contribution is 5.63. The molecule has 45 heavy (non-hydrogen) atoms. The number of hydrogen-bond acceptors (Lipinski definition) is 6. The van der Waals surface area contributed by atoms with Gasteiger partial charge in [-0.15, -0.1) is 0 Å². The number of nitrogens with zero attached hydrogens (tertiary/aromatic N) is 5. The van der Waals surface area contributed by atoms with Crippen molar-refractivity contribution in [2.24, 2.45) is 5.41 Å². The van der Waals surface area contributed by atoms with Crippen LogP contribution in [-0.4, -0.2) is 52.8 Å². The Kier molecular flexibility index (Phi) is 9.44. The van der Waals surface area contributed by atoms with Crippen LogP contribution in [0.5, 0.6) is 0 Å². The molecule has 1 spiro atoms. The van der Waals surface area contributed by atoms with Gasteiger partial charge in [-0.2, -0.15) is 5.26 Å². The van der Waals surface area contributed by atoms with E-state index in [0.29, 0.717) is 29.1 Å². The summed E-state index contributed by atoms with van der Waals surface area (Å²) in [7, 11) is 0. The maximum Gasteiger partial charge on any atom is 0.135 e. The Morgan fingerprint density at radius 2 is 1.84 bits per heavy atom. The molecule has 6 nitrogen and oxygen atoms in total. The Morgan fingerprint density at radius 3 is 2.51 bits per heavy atom. The highest BCUT2D eigenvalue weighted by Gasteiger charge is 2.45. The number of aryl methyl sites for hydroxylation is 1. The van der Waals surface area contributed by atoms with Crippen LogP contribution < -0.4 is 10.6 Å². The molecule has 5 aliphatic rings. The van der Waals surface area contributed by atoms with E-state index in [2.05, 4.69) is 49.6 Å². The van der Waals surface area contributed by atoms with Gasteiger partial charge in [-0.25, -0.2) is 14.4 Å². The van der Waals surface area contributed by atoms with Crippen LogP contribution in [0, 0.1) is 16.7 Å². The Balaban J connectivity index is 0.000000301. The van der Waals surface area contributed by atoms with Gasteiger partial charge in [-0.3, -0.25) is 4.90 Å². The van der Waals surface area contributed by atoms with Gasteiger partial charge in [0, 0.05) is 48.3 Å². The van der Waals surface area contributed by atoms with Crippen molar-refractivity contribution < 1.29 is 4.39 Å². The molecule has 2 aromatic rings. The summed E-state index contributed by atoms with van der Waals surface area (Å²) in [4.78, 5) is 15.0. The van der Waals surface area contributed by atoms with Crippen molar-refractivity contribution in [2.75, 3.05) is 36.8 Å². The Morgan fingerprint density at radius 1 is 1.09 bits per heavy atom. The molecule has 2 N–H and O–H groups in total. The highest BCUT2D eigenvalue weighted by atomic mass is 19.1. The molecule has 0 radical (unpaired) electrons. The summed E-state index contributed by atoms with van der Waals surface area (Å²) in [6.07, 6.45) is 15.8. The smallest absolute Gasteiger partial charge is 0.135 e. The van der Waals surface area contributed by atoms with Gasteiger partial charge < -0.3 is 10.6 Å². The average Bonchev–Trinajstić information content (AvgIpc) is 3.38. The minimum atomic E-state index is -0.551. The van der Waals surface area contributed by atoms with Crippen LogP contribution in [0.3, 0.4) is 0 Å². The molecule has 3 aliphatic heterocycles. The number of hydrogen-bond donors (Lipinski definition) is 1. The fraction of sp³-hybridized carbons (Fsp3) is 0.711. The molecule has 0 amide bonds. The van der Waals surface area contributed by atoms with Crippen LogP contribution in [0.4, 0.5) is 15.9 Å². The number of nitriles is 1. The lowest BCUT2D eigenvalue weighted by Gasteiger charge is -2.52. The van der Waals surface area contributed by atoms with E-state index >= 15 is 0 Å². The zero-order valence-electron chi connectivity index (χ0n) is 28.3. The first-order valence-electron chi connectivity index (χ1n) is 18.0. The van der Waals surface area contributed by atoms with Crippen molar-refractivity contribution in [1.82, 2.24) is 14.9 Å². The van der Waals surface area contributed by atoms with Gasteiger partial charge in [0.25, 0.3) is 0 Å². The summed E-state index contributed by atoms with van der Waals surface area (Å²) in [5, 5.41) is 10.0. The van der Waals surface area contributed by atoms with Gasteiger partial charge in [-0.1, -0.05) is 52.5 Å². The van der Waals surface area contributed by atoms with Crippen molar-refractivity contribution in [3.63, 3.8) is 0 Å². The maximum atomic E-state index is 12.8. The van der Waals surface area contributed by atoms with Gasteiger partial charge in [0.2, 0.25) is 0 Å². The monoisotopic (exact) mass is 614 g/mol. The fourth-order valence-electron chi connectivity index (χ4n) is 9.29. The fourth-order valence-corrected chi connectivity index (χ4v) is 9.29. The Bertz CT molecular complexity index is 1400. The van der Waals surface area contributed by atoms with Gasteiger partial charge in [-0.05, 0) is 100 Å². The lowest BCUT2D eigenvalue weighted by atomic mass is 9.72. The zero-order chi connectivity index (χ0) is 31.8. The summed E-state index contributed by atoms with van der Waals surface area (Å²) < 4.78 is 12.8. The number of fused-ring (bicyclic) bond motifs is 2. The minimum absolute atomic E-state index is 0.236. The molecule has 3 saturated heterocycles. The second-order valence-electron chi connectivity index (χ2n) is 15.3. The molecule has 3 unspecified atom stereocenters. The van der Waals surface area contributed by atoms with E-state index in [1.54, 1.807) is 0 Å². The molecular formula is C38H55FN6. The van der Waals surface area contributed by atoms with Gasteiger partial charge in [0.1, 0.15) is 23.9 Å². The molecule has 4 heterocycles. The van der Waals surface area contributed by atoms with Gasteiger partial charge >= 0.3 is 0 Å².